The second-order valence-electron chi connectivity index (χ2n) is 9.63. The van der Waals surface area contributed by atoms with Crippen LogP contribution in [-0.4, -0.2) is 49.6 Å². The monoisotopic (exact) mass is 497 g/mol. The number of benzene rings is 1. The van der Waals surface area contributed by atoms with Crippen molar-refractivity contribution in [3.63, 3.8) is 0 Å². The lowest BCUT2D eigenvalue weighted by molar-refractivity contribution is 0.127. The fourth-order valence-corrected chi connectivity index (χ4v) is 5.25. The zero-order chi connectivity index (χ0) is 26.3. The summed E-state index contributed by atoms with van der Waals surface area (Å²) >= 11 is 0. The van der Waals surface area contributed by atoms with Crippen LogP contribution >= 0.6 is 0 Å². The molecule has 3 atom stereocenters. The molecule has 1 saturated heterocycles. The van der Waals surface area contributed by atoms with Crippen molar-refractivity contribution in [3.05, 3.63) is 93.7 Å². The smallest absolute Gasteiger partial charge is 0.252 e. The summed E-state index contributed by atoms with van der Waals surface area (Å²) in [6.07, 6.45) is 1.75. The van der Waals surface area contributed by atoms with Gasteiger partial charge in [-0.2, -0.15) is 5.26 Å². The molecule has 1 aliphatic heterocycles. The summed E-state index contributed by atoms with van der Waals surface area (Å²) in [7, 11) is 1.71. The molecule has 4 heterocycles. The molecule has 0 amide bonds. The molecule has 3 aromatic heterocycles. The standard InChI is InChI=1S/C28H28FN7O/c1-17-16-36(28(20-5-7-21(29)8-6-20)23-11-12-31-19(3)32-23)18(2)15-35(17)25-13-26(37)34(4)24-10-9-22(14-30)33-27(24)25/h5-13,17-18,28H,15-16H2,1-4H3/t17-,18+,28?/m0/s1. The highest BCUT2D eigenvalue weighted by Crippen LogP contribution is 2.35. The van der Waals surface area contributed by atoms with Gasteiger partial charge in [-0.25, -0.2) is 19.3 Å². The highest BCUT2D eigenvalue weighted by atomic mass is 19.1. The van der Waals surface area contributed by atoms with E-state index in [1.165, 1.54) is 12.1 Å². The van der Waals surface area contributed by atoms with E-state index in [0.29, 0.717) is 35.6 Å². The maximum Gasteiger partial charge on any atom is 0.252 e. The average molecular weight is 498 g/mol. The molecule has 1 fully saturated rings. The zero-order valence-electron chi connectivity index (χ0n) is 21.3. The first-order chi connectivity index (χ1) is 17.8. The minimum absolute atomic E-state index is 0.0185. The Morgan fingerprint density at radius 3 is 2.51 bits per heavy atom. The first-order valence-corrected chi connectivity index (χ1v) is 12.2. The third-order valence-electron chi connectivity index (χ3n) is 7.12. The molecule has 4 aromatic rings. The van der Waals surface area contributed by atoms with E-state index in [9.17, 15) is 14.4 Å². The number of anilines is 1. The fourth-order valence-electron chi connectivity index (χ4n) is 5.25. The second kappa shape index (κ2) is 9.71. The van der Waals surface area contributed by atoms with Crippen molar-refractivity contribution in [1.29, 1.82) is 5.26 Å². The lowest BCUT2D eigenvalue weighted by Gasteiger charge is -2.48. The molecule has 5 rings (SSSR count). The summed E-state index contributed by atoms with van der Waals surface area (Å²) in [6.45, 7) is 7.41. The van der Waals surface area contributed by atoms with Gasteiger partial charge in [0.15, 0.2) is 0 Å². The number of hydrogen-bond acceptors (Lipinski definition) is 7. The topological polar surface area (TPSA) is 90.9 Å². The number of aryl methyl sites for hydroxylation is 2. The quantitative estimate of drug-likeness (QED) is 0.424. The Bertz CT molecular complexity index is 1560. The molecule has 8 nitrogen and oxygen atoms in total. The van der Waals surface area contributed by atoms with Crippen LogP contribution in [0.25, 0.3) is 11.0 Å². The van der Waals surface area contributed by atoms with E-state index < -0.39 is 0 Å². The largest absolute Gasteiger partial charge is 0.364 e. The van der Waals surface area contributed by atoms with Crippen LogP contribution in [0.3, 0.4) is 0 Å². The van der Waals surface area contributed by atoms with Crippen LogP contribution in [0.1, 0.15) is 42.7 Å². The predicted molar refractivity (Wildman–Crippen MR) is 140 cm³/mol. The van der Waals surface area contributed by atoms with Gasteiger partial charge in [0, 0.05) is 44.5 Å². The van der Waals surface area contributed by atoms with Crippen molar-refractivity contribution in [3.8, 4) is 6.07 Å². The van der Waals surface area contributed by atoms with Crippen LogP contribution in [0.15, 0.2) is 59.5 Å². The number of aromatic nitrogens is 4. The van der Waals surface area contributed by atoms with Crippen molar-refractivity contribution >= 4 is 16.7 Å². The van der Waals surface area contributed by atoms with Gasteiger partial charge in [-0.1, -0.05) is 12.1 Å². The Hall–Kier alpha value is -4.16. The SMILES string of the molecule is Cc1nccc(C(c2ccc(F)cc2)N2C[C@H](C)N(c3cc(=O)n(C)c4ccc(C#N)nc34)C[C@H]2C)n1. The lowest BCUT2D eigenvalue weighted by Crippen LogP contribution is -2.57. The number of piperazine rings is 1. The predicted octanol–water partition coefficient (Wildman–Crippen LogP) is 3.73. The molecular formula is C28H28FN7O. The van der Waals surface area contributed by atoms with Gasteiger partial charge < -0.3 is 9.47 Å². The molecular weight excluding hydrogens is 469 g/mol. The summed E-state index contributed by atoms with van der Waals surface area (Å²) in [5.41, 5.74) is 4.03. The average Bonchev–Trinajstić information content (AvgIpc) is 2.89. The van der Waals surface area contributed by atoms with Gasteiger partial charge in [0.25, 0.3) is 5.56 Å². The maximum atomic E-state index is 13.8. The second-order valence-corrected chi connectivity index (χ2v) is 9.63. The van der Waals surface area contributed by atoms with Crippen LogP contribution in [0.4, 0.5) is 10.1 Å². The molecule has 0 radical (unpaired) electrons. The normalized spacial score (nSPS) is 19.1. The van der Waals surface area contributed by atoms with Crippen molar-refractivity contribution in [1.82, 2.24) is 24.4 Å². The molecule has 0 saturated carbocycles. The first-order valence-electron chi connectivity index (χ1n) is 12.2. The van der Waals surface area contributed by atoms with Crippen LogP contribution < -0.4 is 10.5 Å². The van der Waals surface area contributed by atoms with Crippen molar-refractivity contribution in [2.45, 2.75) is 38.9 Å². The van der Waals surface area contributed by atoms with Crippen molar-refractivity contribution in [2.24, 2.45) is 7.05 Å². The summed E-state index contributed by atoms with van der Waals surface area (Å²) in [4.78, 5) is 30.9. The number of pyridine rings is 2. The third-order valence-corrected chi connectivity index (χ3v) is 7.12. The molecule has 1 aliphatic rings. The minimum Gasteiger partial charge on any atom is -0.364 e. The fraction of sp³-hybridized carbons (Fsp3) is 0.321. The highest BCUT2D eigenvalue weighted by Gasteiger charge is 2.36. The van der Waals surface area contributed by atoms with E-state index in [-0.39, 0.29) is 29.5 Å². The number of hydrogen-bond donors (Lipinski definition) is 0. The van der Waals surface area contributed by atoms with Crippen molar-refractivity contribution in [2.75, 3.05) is 18.0 Å². The summed E-state index contributed by atoms with van der Waals surface area (Å²) in [5.74, 6) is 0.393. The molecule has 0 N–H and O–H groups in total. The van der Waals surface area contributed by atoms with E-state index in [4.69, 9.17) is 4.98 Å². The van der Waals surface area contributed by atoms with E-state index >= 15 is 0 Å². The minimum atomic E-state index is -0.283. The summed E-state index contributed by atoms with van der Waals surface area (Å²) in [6, 6.07) is 15.5. The number of fused-ring (bicyclic) bond motifs is 1. The molecule has 9 heteroatoms. The van der Waals surface area contributed by atoms with Gasteiger partial charge >= 0.3 is 0 Å². The summed E-state index contributed by atoms with van der Waals surface area (Å²) < 4.78 is 15.3. The van der Waals surface area contributed by atoms with Gasteiger partial charge in [-0.15, -0.1) is 0 Å². The molecule has 37 heavy (non-hydrogen) atoms. The van der Waals surface area contributed by atoms with Crippen molar-refractivity contribution < 1.29 is 4.39 Å². The Balaban J connectivity index is 1.56. The summed E-state index contributed by atoms with van der Waals surface area (Å²) in [5, 5.41) is 9.43. The molecule has 0 aliphatic carbocycles. The Morgan fingerprint density at radius 1 is 1.05 bits per heavy atom. The van der Waals surface area contributed by atoms with Crippen LogP contribution in [0.5, 0.6) is 0 Å². The molecule has 1 aromatic carbocycles. The molecule has 1 unspecified atom stereocenters. The molecule has 0 bridgehead atoms. The van der Waals surface area contributed by atoms with E-state index in [2.05, 4.69) is 39.7 Å². The van der Waals surface area contributed by atoms with E-state index in [1.54, 1.807) is 36.0 Å². The highest BCUT2D eigenvalue weighted by molar-refractivity contribution is 5.89. The van der Waals surface area contributed by atoms with Gasteiger partial charge in [0.05, 0.1) is 22.9 Å². The van der Waals surface area contributed by atoms with Crippen LogP contribution in [0.2, 0.25) is 0 Å². The number of nitrogens with zero attached hydrogens (tertiary/aromatic N) is 7. The van der Waals surface area contributed by atoms with Crippen LogP contribution in [-0.2, 0) is 7.05 Å². The number of halogens is 1. The third kappa shape index (κ3) is 4.56. The van der Waals surface area contributed by atoms with Gasteiger partial charge in [-0.05, 0) is 56.7 Å². The number of nitriles is 1. The Kier molecular flexibility index (Phi) is 6.44. The van der Waals surface area contributed by atoms with E-state index in [0.717, 1.165) is 16.9 Å². The lowest BCUT2D eigenvalue weighted by atomic mass is 9.96. The Morgan fingerprint density at radius 2 is 1.81 bits per heavy atom. The zero-order valence-corrected chi connectivity index (χ0v) is 21.3. The maximum absolute atomic E-state index is 13.8. The first kappa shape index (κ1) is 24.5. The Labute approximate surface area is 214 Å². The number of rotatable bonds is 4. The van der Waals surface area contributed by atoms with Crippen LogP contribution in [0, 0.1) is 24.1 Å². The van der Waals surface area contributed by atoms with E-state index in [1.807, 2.05) is 25.1 Å². The van der Waals surface area contributed by atoms with Gasteiger partial charge in [0.2, 0.25) is 0 Å². The molecule has 0 spiro atoms. The molecule has 188 valence electrons. The van der Waals surface area contributed by atoms with Gasteiger partial charge in [-0.3, -0.25) is 9.69 Å². The van der Waals surface area contributed by atoms with Gasteiger partial charge in [0.1, 0.15) is 28.9 Å².